The highest BCUT2D eigenvalue weighted by Gasteiger charge is 2.23. The lowest BCUT2D eigenvalue weighted by molar-refractivity contribution is 1.19. The highest BCUT2D eigenvalue weighted by atomic mass is 15.0. The number of para-hydroxylation sites is 2. The molecule has 7 rings (SSSR count). The molecule has 0 saturated heterocycles. The summed E-state index contributed by atoms with van der Waals surface area (Å²) in [6.45, 7) is 6.24. The summed E-state index contributed by atoms with van der Waals surface area (Å²) < 4.78 is 2.32. The highest BCUT2D eigenvalue weighted by Crippen LogP contribution is 2.40. The maximum atomic E-state index is 9.31. The van der Waals surface area contributed by atoms with Crippen molar-refractivity contribution in [3.05, 3.63) is 168 Å². The standard InChI is InChI=1S/C41H27N5/c1-27(31-20-16-29(25-42)17-21-31)44-41(45-28(2)32-22-18-30(26-43)19-23-32)37-24-40(34-11-5-3-4-10-33(34)37)46-38-14-8-6-12-35(38)36-13-7-9-15-39(36)46/h3-24H,1H2,2H3. The lowest BCUT2D eigenvalue weighted by Crippen LogP contribution is -2.04. The molecule has 0 aliphatic heterocycles. The Morgan fingerprint density at radius 1 is 0.609 bits per heavy atom. The zero-order valence-electron chi connectivity index (χ0n) is 25.1. The van der Waals surface area contributed by atoms with Gasteiger partial charge in [0.25, 0.3) is 0 Å². The average molecular weight is 590 g/mol. The van der Waals surface area contributed by atoms with Gasteiger partial charge in [0.2, 0.25) is 0 Å². The first kappa shape index (κ1) is 28.2. The third-order valence-corrected chi connectivity index (χ3v) is 8.24. The number of rotatable bonds is 5. The predicted molar refractivity (Wildman–Crippen MR) is 187 cm³/mol. The van der Waals surface area contributed by atoms with Gasteiger partial charge >= 0.3 is 0 Å². The van der Waals surface area contributed by atoms with Gasteiger partial charge in [0.15, 0.2) is 5.84 Å². The molecule has 5 nitrogen and oxygen atoms in total. The molecule has 5 heteroatoms. The molecule has 0 unspecified atom stereocenters. The van der Waals surface area contributed by atoms with E-state index in [4.69, 9.17) is 9.98 Å². The minimum absolute atomic E-state index is 0.513. The third kappa shape index (κ3) is 5.03. The molecule has 46 heavy (non-hydrogen) atoms. The SMILES string of the molecule is C=C(N=C(N=C(C)c1ccc(C#N)cc1)c1cc(-n2c3ccccc3c3ccccc32)c2cccccc1-2)c1ccc(C#N)cc1. The van der Waals surface area contributed by atoms with Gasteiger partial charge in [0, 0.05) is 27.6 Å². The van der Waals surface area contributed by atoms with Crippen molar-refractivity contribution < 1.29 is 0 Å². The van der Waals surface area contributed by atoms with E-state index in [-0.39, 0.29) is 0 Å². The minimum Gasteiger partial charge on any atom is -0.309 e. The van der Waals surface area contributed by atoms with Gasteiger partial charge in [-0.2, -0.15) is 10.5 Å². The summed E-state index contributed by atoms with van der Waals surface area (Å²) in [4.78, 5) is 10.2. The Morgan fingerprint density at radius 2 is 1.13 bits per heavy atom. The van der Waals surface area contributed by atoms with E-state index in [0.717, 1.165) is 50.2 Å². The third-order valence-electron chi connectivity index (χ3n) is 8.24. The number of aromatic nitrogens is 1. The number of hydrogen-bond acceptors (Lipinski definition) is 3. The van der Waals surface area contributed by atoms with Crippen LogP contribution in [0.15, 0.2) is 150 Å². The van der Waals surface area contributed by atoms with Crippen LogP contribution >= 0.6 is 0 Å². The van der Waals surface area contributed by atoms with Crippen molar-refractivity contribution in [3.63, 3.8) is 0 Å². The second-order valence-electron chi connectivity index (χ2n) is 11.0. The van der Waals surface area contributed by atoms with Crippen LogP contribution in [0.25, 0.3) is 44.3 Å². The van der Waals surface area contributed by atoms with E-state index in [1.54, 1.807) is 24.3 Å². The Bertz CT molecular complexity index is 2340. The molecule has 1 heterocycles. The van der Waals surface area contributed by atoms with Crippen molar-refractivity contribution in [3.8, 4) is 29.0 Å². The second-order valence-corrected chi connectivity index (χ2v) is 11.0. The first-order valence-corrected chi connectivity index (χ1v) is 14.9. The van der Waals surface area contributed by atoms with Crippen LogP contribution in [-0.4, -0.2) is 16.1 Å². The minimum atomic E-state index is 0.513. The number of nitriles is 2. The molecule has 0 spiro atoms. The molecule has 1 aromatic heterocycles. The van der Waals surface area contributed by atoms with Crippen molar-refractivity contribution in [2.45, 2.75) is 6.92 Å². The molecule has 0 saturated carbocycles. The zero-order chi connectivity index (χ0) is 31.6. The molecule has 0 bridgehead atoms. The average Bonchev–Trinajstić information content (AvgIpc) is 3.51. The normalized spacial score (nSPS) is 11.9. The lowest BCUT2D eigenvalue weighted by Gasteiger charge is -2.08. The maximum Gasteiger partial charge on any atom is 0.160 e. The topological polar surface area (TPSA) is 77.2 Å². The Hall–Kier alpha value is -6.56. The second kappa shape index (κ2) is 11.8. The summed E-state index contributed by atoms with van der Waals surface area (Å²) in [6.07, 6.45) is 0. The van der Waals surface area contributed by atoms with Crippen LogP contribution in [0.5, 0.6) is 0 Å². The quantitative estimate of drug-likeness (QED) is 0.148. The zero-order valence-corrected chi connectivity index (χ0v) is 25.1. The van der Waals surface area contributed by atoms with Gasteiger partial charge in [0.05, 0.1) is 45.7 Å². The van der Waals surface area contributed by atoms with Gasteiger partial charge in [-0.3, -0.25) is 0 Å². The summed E-state index contributed by atoms with van der Waals surface area (Å²) in [6, 6.07) is 48.4. The van der Waals surface area contributed by atoms with Gasteiger partial charge in [0.1, 0.15) is 0 Å². The van der Waals surface area contributed by atoms with E-state index in [0.29, 0.717) is 22.7 Å². The van der Waals surface area contributed by atoms with Gasteiger partial charge < -0.3 is 4.57 Å². The largest absolute Gasteiger partial charge is 0.309 e. The Labute approximate surface area is 267 Å². The van der Waals surface area contributed by atoms with Crippen molar-refractivity contribution in [2.24, 2.45) is 9.98 Å². The van der Waals surface area contributed by atoms with E-state index in [9.17, 15) is 10.5 Å². The highest BCUT2D eigenvalue weighted by molar-refractivity contribution is 6.17. The fourth-order valence-corrected chi connectivity index (χ4v) is 5.93. The van der Waals surface area contributed by atoms with Crippen LogP contribution < -0.4 is 0 Å². The number of hydrogen-bond donors (Lipinski definition) is 0. The summed E-state index contributed by atoms with van der Waals surface area (Å²) in [5, 5.41) is 21.0. The molecule has 2 aliphatic rings. The molecule has 0 amide bonds. The summed E-state index contributed by atoms with van der Waals surface area (Å²) >= 11 is 0. The van der Waals surface area contributed by atoms with Crippen molar-refractivity contribution in [1.82, 2.24) is 4.57 Å². The van der Waals surface area contributed by atoms with E-state index < -0.39 is 0 Å². The van der Waals surface area contributed by atoms with E-state index >= 15 is 0 Å². The summed E-state index contributed by atoms with van der Waals surface area (Å²) in [7, 11) is 0. The van der Waals surface area contributed by atoms with Crippen LogP contribution in [-0.2, 0) is 0 Å². The van der Waals surface area contributed by atoms with Gasteiger partial charge in [-0.05, 0) is 66.1 Å². The predicted octanol–water partition coefficient (Wildman–Crippen LogP) is 9.56. The van der Waals surface area contributed by atoms with Crippen LogP contribution in [0.2, 0.25) is 0 Å². The molecule has 0 N–H and O–H groups in total. The van der Waals surface area contributed by atoms with E-state index in [2.05, 4.69) is 96.1 Å². The Kier molecular flexibility index (Phi) is 7.27. The number of benzene rings is 4. The van der Waals surface area contributed by atoms with Crippen LogP contribution in [0.1, 0.15) is 34.7 Å². The Morgan fingerprint density at radius 3 is 1.72 bits per heavy atom. The van der Waals surface area contributed by atoms with Crippen LogP contribution in [0.4, 0.5) is 0 Å². The van der Waals surface area contributed by atoms with Crippen LogP contribution in [0.3, 0.4) is 0 Å². The summed E-state index contributed by atoms with van der Waals surface area (Å²) in [5.41, 5.74) is 10.3. The van der Waals surface area contributed by atoms with Gasteiger partial charge in [-0.15, -0.1) is 0 Å². The Balaban J connectivity index is 1.48. The molecule has 4 aromatic carbocycles. The molecular formula is C41H27N5. The summed E-state index contributed by atoms with van der Waals surface area (Å²) in [5.74, 6) is 0.513. The molecule has 2 aliphatic carbocycles. The van der Waals surface area contributed by atoms with Crippen molar-refractivity contribution in [2.75, 3.05) is 0 Å². The number of nitrogens with zero attached hydrogens (tertiary/aromatic N) is 5. The first-order valence-electron chi connectivity index (χ1n) is 14.9. The molecule has 5 aromatic rings. The smallest absolute Gasteiger partial charge is 0.160 e. The monoisotopic (exact) mass is 589 g/mol. The molecule has 0 atom stereocenters. The molecule has 216 valence electrons. The molecule has 0 radical (unpaired) electrons. The van der Waals surface area contributed by atoms with Crippen LogP contribution in [0, 0.1) is 22.7 Å². The number of aliphatic imine (C=N–C) groups is 2. The van der Waals surface area contributed by atoms with E-state index in [1.807, 2.05) is 43.3 Å². The fourth-order valence-electron chi connectivity index (χ4n) is 5.93. The van der Waals surface area contributed by atoms with Crippen molar-refractivity contribution in [1.29, 1.82) is 10.5 Å². The van der Waals surface area contributed by atoms with Gasteiger partial charge in [-0.25, -0.2) is 9.98 Å². The number of amidine groups is 1. The number of fused-ring (bicyclic) bond motifs is 4. The van der Waals surface area contributed by atoms with E-state index in [1.165, 1.54) is 10.8 Å². The molecule has 0 fully saturated rings. The van der Waals surface area contributed by atoms with Gasteiger partial charge in [-0.1, -0.05) is 97.6 Å². The maximum absolute atomic E-state index is 9.31. The lowest BCUT2D eigenvalue weighted by atomic mass is 10.1. The molecular weight excluding hydrogens is 562 g/mol. The van der Waals surface area contributed by atoms with Crippen molar-refractivity contribution >= 4 is 39.1 Å². The fraction of sp³-hybridized carbons (Fsp3) is 0.0244. The first-order chi connectivity index (χ1) is 22.6.